The highest BCUT2D eigenvalue weighted by atomic mass is 19.1. The van der Waals surface area contributed by atoms with Gasteiger partial charge in [-0.25, -0.2) is 4.39 Å². The quantitative estimate of drug-likeness (QED) is 0.848. The van der Waals surface area contributed by atoms with Crippen molar-refractivity contribution in [2.75, 3.05) is 44.2 Å². The van der Waals surface area contributed by atoms with E-state index < -0.39 is 6.10 Å². The largest absolute Gasteiger partial charge is 0.491 e. The van der Waals surface area contributed by atoms with Gasteiger partial charge in [0.05, 0.1) is 5.69 Å². The first-order valence-corrected chi connectivity index (χ1v) is 9.83. The Morgan fingerprint density at radius 1 is 1.00 bits per heavy atom. The standard InChI is InChI=1S/C22H27FN2O2/c23-21-6-1-2-7-22(21)25-12-10-24(11-13-25)15-19(26)16-27-20-9-8-17-4-3-5-18(17)14-20/h1-2,6-9,14,19,26H,3-5,10-13,15-16H2/t19-/m0/s1. The molecule has 4 rings (SSSR count). The van der Waals surface area contributed by atoms with Gasteiger partial charge in [0.25, 0.3) is 0 Å². The number of aliphatic hydroxyl groups excluding tert-OH is 1. The van der Waals surface area contributed by atoms with Crippen molar-refractivity contribution in [2.45, 2.75) is 25.4 Å². The van der Waals surface area contributed by atoms with Crippen LogP contribution in [0, 0.1) is 5.82 Å². The third kappa shape index (κ3) is 4.42. The van der Waals surface area contributed by atoms with Gasteiger partial charge in [0.15, 0.2) is 0 Å². The number of nitrogens with zero attached hydrogens (tertiary/aromatic N) is 2. The topological polar surface area (TPSA) is 35.9 Å². The summed E-state index contributed by atoms with van der Waals surface area (Å²) in [4.78, 5) is 4.29. The fraction of sp³-hybridized carbons (Fsp3) is 0.455. The number of ether oxygens (including phenoxy) is 1. The van der Waals surface area contributed by atoms with Crippen LogP contribution in [0.4, 0.5) is 10.1 Å². The first-order chi connectivity index (χ1) is 13.2. The first-order valence-electron chi connectivity index (χ1n) is 9.83. The van der Waals surface area contributed by atoms with Gasteiger partial charge in [-0.2, -0.15) is 0 Å². The second-order valence-corrected chi connectivity index (χ2v) is 7.49. The highest BCUT2D eigenvalue weighted by Crippen LogP contribution is 2.26. The van der Waals surface area contributed by atoms with Crippen molar-refractivity contribution in [1.29, 1.82) is 0 Å². The molecule has 1 aliphatic carbocycles. The van der Waals surface area contributed by atoms with Crippen molar-refractivity contribution in [2.24, 2.45) is 0 Å². The number of benzene rings is 2. The lowest BCUT2D eigenvalue weighted by Gasteiger charge is -2.36. The van der Waals surface area contributed by atoms with Crippen LogP contribution in [0.5, 0.6) is 5.75 Å². The van der Waals surface area contributed by atoms with Crippen molar-refractivity contribution in [1.82, 2.24) is 4.90 Å². The Hall–Kier alpha value is -2.11. The summed E-state index contributed by atoms with van der Waals surface area (Å²) in [5.41, 5.74) is 3.47. The van der Waals surface area contributed by atoms with E-state index in [0.29, 0.717) is 18.8 Å². The number of hydrogen-bond acceptors (Lipinski definition) is 4. The second kappa shape index (κ2) is 8.28. The molecule has 0 unspecified atom stereocenters. The van der Waals surface area contributed by atoms with Crippen molar-refractivity contribution in [3.8, 4) is 5.75 Å². The SMILES string of the molecule is O[C@H](COc1ccc2c(c1)CCC2)CN1CCN(c2ccccc2F)CC1. The lowest BCUT2D eigenvalue weighted by atomic mass is 10.1. The molecular formula is C22H27FN2O2. The Morgan fingerprint density at radius 2 is 1.78 bits per heavy atom. The molecule has 2 aromatic rings. The zero-order valence-electron chi connectivity index (χ0n) is 15.6. The fourth-order valence-corrected chi connectivity index (χ4v) is 4.06. The minimum atomic E-state index is -0.529. The average Bonchev–Trinajstić information content (AvgIpc) is 3.15. The fourth-order valence-electron chi connectivity index (χ4n) is 4.06. The van der Waals surface area contributed by atoms with E-state index in [1.54, 1.807) is 6.07 Å². The molecule has 0 spiro atoms. The number of piperazine rings is 1. The summed E-state index contributed by atoms with van der Waals surface area (Å²) in [5, 5.41) is 10.3. The van der Waals surface area contributed by atoms with Crippen LogP contribution in [0.2, 0.25) is 0 Å². The minimum absolute atomic E-state index is 0.172. The van der Waals surface area contributed by atoms with E-state index in [-0.39, 0.29) is 5.82 Å². The van der Waals surface area contributed by atoms with Gasteiger partial charge >= 0.3 is 0 Å². The van der Waals surface area contributed by atoms with Gasteiger partial charge in [-0.3, -0.25) is 4.90 Å². The summed E-state index contributed by atoms with van der Waals surface area (Å²) in [6.07, 6.45) is 2.98. The maximum atomic E-state index is 13.9. The average molecular weight is 370 g/mol. The second-order valence-electron chi connectivity index (χ2n) is 7.49. The minimum Gasteiger partial charge on any atom is -0.491 e. The number of aliphatic hydroxyl groups is 1. The number of rotatable bonds is 6. The molecule has 0 saturated carbocycles. The molecule has 1 atom stereocenters. The third-order valence-electron chi connectivity index (χ3n) is 5.55. The molecule has 0 aromatic heterocycles. The predicted octanol–water partition coefficient (Wildman–Crippen LogP) is 2.88. The smallest absolute Gasteiger partial charge is 0.146 e. The van der Waals surface area contributed by atoms with Crippen molar-refractivity contribution in [3.05, 3.63) is 59.4 Å². The Bertz CT molecular complexity index is 775. The van der Waals surface area contributed by atoms with Crippen molar-refractivity contribution >= 4 is 5.69 Å². The molecule has 2 aromatic carbocycles. The highest BCUT2D eigenvalue weighted by molar-refractivity contribution is 5.48. The van der Waals surface area contributed by atoms with Crippen LogP contribution < -0.4 is 9.64 Å². The summed E-state index contributed by atoms with van der Waals surface area (Å²) < 4.78 is 19.7. The molecule has 0 amide bonds. The number of anilines is 1. The van der Waals surface area contributed by atoms with Crippen LogP contribution in [-0.4, -0.2) is 55.4 Å². The van der Waals surface area contributed by atoms with Crippen molar-refractivity contribution in [3.63, 3.8) is 0 Å². The molecule has 2 aliphatic rings. The maximum absolute atomic E-state index is 13.9. The molecule has 1 N–H and O–H groups in total. The number of para-hydroxylation sites is 1. The normalized spacial score (nSPS) is 18.4. The summed E-state index contributed by atoms with van der Waals surface area (Å²) in [7, 11) is 0. The molecular weight excluding hydrogens is 343 g/mol. The lowest BCUT2D eigenvalue weighted by molar-refractivity contribution is 0.0662. The predicted molar refractivity (Wildman–Crippen MR) is 105 cm³/mol. The Balaban J connectivity index is 1.22. The van der Waals surface area contributed by atoms with Gasteiger partial charge in [-0.15, -0.1) is 0 Å². The van der Waals surface area contributed by atoms with Gasteiger partial charge in [-0.05, 0) is 54.7 Å². The van der Waals surface area contributed by atoms with Crippen LogP contribution in [0.1, 0.15) is 17.5 Å². The molecule has 0 bridgehead atoms. The van der Waals surface area contributed by atoms with Crippen molar-refractivity contribution < 1.29 is 14.2 Å². The van der Waals surface area contributed by atoms with E-state index in [1.807, 2.05) is 18.2 Å². The van der Waals surface area contributed by atoms with Crippen LogP contribution in [-0.2, 0) is 12.8 Å². The monoisotopic (exact) mass is 370 g/mol. The van der Waals surface area contributed by atoms with Crippen LogP contribution in [0.3, 0.4) is 0 Å². The lowest BCUT2D eigenvalue weighted by Crippen LogP contribution is -2.49. The van der Waals surface area contributed by atoms with E-state index in [4.69, 9.17) is 4.74 Å². The van der Waals surface area contributed by atoms with Gasteiger partial charge in [-0.1, -0.05) is 18.2 Å². The first kappa shape index (κ1) is 18.3. The molecule has 4 nitrogen and oxygen atoms in total. The number of aryl methyl sites for hydroxylation is 2. The summed E-state index contributed by atoms with van der Waals surface area (Å²) in [5.74, 6) is 0.674. The van der Waals surface area contributed by atoms with Crippen LogP contribution >= 0.6 is 0 Å². The Kier molecular flexibility index (Phi) is 5.60. The van der Waals surface area contributed by atoms with E-state index >= 15 is 0 Å². The summed E-state index contributed by atoms with van der Waals surface area (Å²) in [6.45, 7) is 4.02. The van der Waals surface area contributed by atoms with E-state index in [2.05, 4.69) is 21.9 Å². The van der Waals surface area contributed by atoms with Crippen LogP contribution in [0.15, 0.2) is 42.5 Å². The molecule has 5 heteroatoms. The Labute approximate surface area is 160 Å². The summed E-state index contributed by atoms with van der Waals surface area (Å²) >= 11 is 0. The number of hydrogen-bond donors (Lipinski definition) is 1. The van der Waals surface area contributed by atoms with Crippen LogP contribution in [0.25, 0.3) is 0 Å². The molecule has 0 radical (unpaired) electrons. The molecule has 144 valence electrons. The molecule has 1 heterocycles. The van der Waals surface area contributed by atoms with E-state index in [1.165, 1.54) is 23.6 Å². The Morgan fingerprint density at radius 3 is 2.59 bits per heavy atom. The molecule has 1 aliphatic heterocycles. The van der Waals surface area contributed by atoms with Gasteiger partial charge in [0.1, 0.15) is 24.3 Å². The number of β-amino-alcohol motifs (C(OH)–C–C–N with tert-alkyl or cyclic N) is 1. The third-order valence-corrected chi connectivity index (χ3v) is 5.55. The molecule has 27 heavy (non-hydrogen) atoms. The van der Waals surface area contributed by atoms with E-state index in [9.17, 15) is 9.50 Å². The highest BCUT2D eigenvalue weighted by Gasteiger charge is 2.21. The van der Waals surface area contributed by atoms with E-state index in [0.717, 1.165) is 44.8 Å². The van der Waals surface area contributed by atoms with Gasteiger partial charge in [0, 0.05) is 32.7 Å². The zero-order valence-corrected chi connectivity index (χ0v) is 15.6. The number of fused-ring (bicyclic) bond motifs is 1. The molecule has 1 saturated heterocycles. The molecule has 1 fully saturated rings. The number of halogens is 1. The summed E-state index contributed by atoms with van der Waals surface area (Å²) in [6, 6.07) is 13.2. The zero-order chi connectivity index (χ0) is 18.6. The van der Waals surface area contributed by atoms with Gasteiger partial charge < -0.3 is 14.7 Å². The maximum Gasteiger partial charge on any atom is 0.146 e. The van der Waals surface area contributed by atoms with Gasteiger partial charge in [0.2, 0.25) is 0 Å².